The van der Waals surface area contributed by atoms with Crippen LogP contribution in [0.2, 0.25) is 5.15 Å². The van der Waals surface area contributed by atoms with Gasteiger partial charge in [-0.15, -0.1) is 0 Å². The maximum atomic E-state index is 13.1. The number of rotatable bonds is 6. The van der Waals surface area contributed by atoms with E-state index in [4.69, 9.17) is 21.3 Å². The fourth-order valence-electron chi connectivity index (χ4n) is 3.88. The molecule has 7 heteroatoms. The number of hydrogen-bond acceptors (Lipinski definition) is 5. The number of aliphatic imine (C=N–C) groups is 1. The second kappa shape index (κ2) is 9.16. The average Bonchev–Trinajstić information content (AvgIpc) is 2.79. The maximum absolute atomic E-state index is 13.1. The van der Waals surface area contributed by atoms with Crippen LogP contribution in [-0.2, 0) is 6.42 Å². The maximum Gasteiger partial charge on any atom is 0.257 e. The van der Waals surface area contributed by atoms with Crippen LogP contribution < -0.4 is 10.1 Å². The summed E-state index contributed by atoms with van der Waals surface area (Å²) in [4.78, 5) is 34.2. The molecule has 0 saturated carbocycles. The Kier molecular flexibility index (Phi) is 6.29. The van der Waals surface area contributed by atoms with Crippen molar-refractivity contribution in [2.75, 3.05) is 12.4 Å². The summed E-state index contributed by atoms with van der Waals surface area (Å²) in [7, 11) is 1.63. The zero-order chi connectivity index (χ0) is 23.6. The molecule has 0 radical (unpaired) electrons. The van der Waals surface area contributed by atoms with Crippen LogP contribution in [0.4, 0.5) is 5.69 Å². The Labute approximate surface area is 197 Å². The van der Waals surface area contributed by atoms with Crippen molar-refractivity contribution in [3.05, 3.63) is 88.2 Å². The van der Waals surface area contributed by atoms with Crippen LogP contribution >= 0.6 is 11.6 Å². The number of benzene rings is 2. The van der Waals surface area contributed by atoms with Crippen LogP contribution in [0.1, 0.15) is 52.1 Å². The van der Waals surface area contributed by atoms with Crippen molar-refractivity contribution in [3.8, 4) is 5.75 Å². The van der Waals surface area contributed by atoms with Gasteiger partial charge in [0.15, 0.2) is 5.78 Å². The van der Waals surface area contributed by atoms with E-state index in [2.05, 4.69) is 24.1 Å². The van der Waals surface area contributed by atoms with E-state index in [9.17, 15) is 9.59 Å². The number of methoxy groups -OCH3 is 1. The number of ketones is 1. The van der Waals surface area contributed by atoms with Gasteiger partial charge in [0.1, 0.15) is 10.9 Å². The van der Waals surface area contributed by atoms with E-state index < -0.39 is 0 Å². The zero-order valence-electron chi connectivity index (χ0n) is 18.7. The SMILES string of the molecule is COc1ccc2c(c1)C(CC(=O)c1ccc(NC(=O)c3ccc(Cl)nc3)cc1)=NC(C)(C)C2. The number of Topliss-reactive ketones (excluding diaryl/α,β-unsaturated/α-hetero) is 1. The van der Waals surface area contributed by atoms with Gasteiger partial charge in [-0.05, 0) is 74.4 Å². The van der Waals surface area contributed by atoms with Crippen molar-refractivity contribution in [2.24, 2.45) is 4.99 Å². The Morgan fingerprint density at radius 3 is 2.45 bits per heavy atom. The van der Waals surface area contributed by atoms with E-state index in [0.29, 0.717) is 22.0 Å². The molecule has 1 aromatic heterocycles. The highest BCUT2D eigenvalue weighted by Crippen LogP contribution is 2.31. The Hall–Kier alpha value is -3.51. The molecule has 3 aromatic rings. The zero-order valence-corrected chi connectivity index (χ0v) is 19.4. The highest BCUT2D eigenvalue weighted by atomic mass is 35.5. The summed E-state index contributed by atoms with van der Waals surface area (Å²) in [5.74, 6) is 0.396. The molecular weight excluding hydrogens is 438 g/mol. The number of fused-ring (bicyclic) bond motifs is 1. The number of carbonyl (C=O) groups excluding carboxylic acids is 2. The number of aromatic nitrogens is 1. The van der Waals surface area contributed by atoms with Gasteiger partial charge >= 0.3 is 0 Å². The summed E-state index contributed by atoms with van der Waals surface area (Å²) < 4.78 is 5.37. The predicted molar refractivity (Wildman–Crippen MR) is 130 cm³/mol. The van der Waals surface area contributed by atoms with Crippen LogP contribution in [0, 0.1) is 0 Å². The first-order chi connectivity index (χ1) is 15.7. The average molecular weight is 462 g/mol. The summed E-state index contributed by atoms with van der Waals surface area (Å²) in [6, 6.07) is 15.9. The van der Waals surface area contributed by atoms with Crippen LogP contribution in [0.3, 0.4) is 0 Å². The number of hydrogen-bond donors (Lipinski definition) is 1. The molecule has 1 aliphatic rings. The lowest BCUT2D eigenvalue weighted by atomic mass is 9.85. The number of amides is 1. The smallest absolute Gasteiger partial charge is 0.257 e. The van der Waals surface area contributed by atoms with E-state index >= 15 is 0 Å². The van der Waals surface area contributed by atoms with Gasteiger partial charge in [0.05, 0.1) is 30.3 Å². The molecule has 2 heterocycles. The van der Waals surface area contributed by atoms with E-state index in [1.165, 1.54) is 6.20 Å². The molecule has 0 atom stereocenters. The normalized spacial score (nSPS) is 14.1. The first kappa shape index (κ1) is 22.7. The van der Waals surface area contributed by atoms with Crippen LogP contribution in [0.15, 0.2) is 65.8 Å². The molecule has 1 amide bonds. The van der Waals surface area contributed by atoms with Crippen molar-refractivity contribution in [1.82, 2.24) is 4.98 Å². The highest BCUT2D eigenvalue weighted by Gasteiger charge is 2.28. The molecule has 1 aliphatic heterocycles. The number of halogens is 1. The van der Waals surface area contributed by atoms with Crippen molar-refractivity contribution >= 4 is 34.7 Å². The molecule has 0 saturated heterocycles. The molecular formula is C26H24ClN3O3. The second-order valence-electron chi connectivity index (χ2n) is 8.57. The molecule has 0 bridgehead atoms. The van der Waals surface area contributed by atoms with Crippen molar-refractivity contribution in [2.45, 2.75) is 32.2 Å². The van der Waals surface area contributed by atoms with Gasteiger partial charge in [0.2, 0.25) is 0 Å². The van der Waals surface area contributed by atoms with E-state index in [-0.39, 0.29) is 23.7 Å². The quantitative estimate of drug-likeness (QED) is 0.394. The number of anilines is 1. The lowest BCUT2D eigenvalue weighted by Crippen LogP contribution is -2.30. The third-order valence-electron chi connectivity index (χ3n) is 5.47. The number of nitrogens with one attached hydrogen (secondary N) is 1. The van der Waals surface area contributed by atoms with Gasteiger partial charge in [-0.2, -0.15) is 0 Å². The minimum Gasteiger partial charge on any atom is -0.497 e. The molecule has 168 valence electrons. The largest absolute Gasteiger partial charge is 0.497 e. The minimum absolute atomic E-state index is 0.0417. The van der Waals surface area contributed by atoms with Crippen LogP contribution in [-0.4, -0.2) is 35.0 Å². The summed E-state index contributed by atoms with van der Waals surface area (Å²) in [6.45, 7) is 4.14. The fourth-order valence-corrected chi connectivity index (χ4v) is 3.99. The predicted octanol–water partition coefficient (Wildman–Crippen LogP) is 5.39. The third kappa shape index (κ3) is 5.29. The molecule has 2 aromatic carbocycles. The van der Waals surface area contributed by atoms with Gasteiger partial charge < -0.3 is 10.1 Å². The van der Waals surface area contributed by atoms with E-state index in [0.717, 1.165) is 29.0 Å². The van der Waals surface area contributed by atoms with Crippen molar-refractivity contribution < 1.29 is 14.3 Å². The third-order valence-corrected chi connectivity index (χ3v) is 5.69. The van der Waals surface area contributed by atoms with E-state index in [1.54, 1.807) is 43.5 Å². The van der Waals surface area contributed by atoms with Gasteiger partial charge in [0, 0.05) is 23.0 Å². The van der Waals surface area contributed by atoms with Crippen molar-refractivity contribution in [3.63, 3.8) is 0 Å². The standard InChI is InChI=1S/C26H24ClN3O3/c1-26(2)14-17-6-10-20(33-3)12-21(17)22(30-26)13-23(31)16-4-8-19(9-5-16)29-25(32)18-7-11-24(27)28-15-18/h4-12,15H,13-14H2,1-3H3,(H,29,32). The van der Waals surface area contributed by atoms with Gasteiger partial charge in [-0.1, -0.05) is 17.7 Å². The van der Waals surface area contributed by atoms with Gasteiger partial charge in [0.25, 0.3) is 5.91 Å². The Morgan fingerprint density at radius 2 is 1.79 bits per heavy atom. The lowest BCUT2D eigenvalue weighted by molar-refractivity contribution is 0.0998. The monoisotopic (exact) mass is 461 g/mol. The first-order valence-corrected chi connectivity index (χ1v) is 10.9. The van der Waals surface area contributed by atoms with Gasteiger partial charge in [-0.25, -0.2) is 4.98 Å². The fraction of sp³-hybridized carbons (Fsp3) is 0.231. The molecule has 0 fully saturated rings. The molecule has 0 spiro atoms. The van der Waals surface area contributed by atoms with Crippen LogP contribution in [0.25, 0.3) is 0 Å². The molecule has 33 heavy (non-hydrogen) atoms. The lowest BCUT2D eigenvalue weighted by Gasteiger charge is -2.29. The minimum atomic E-state index is -0.303. The van der Waals surface area contributed by atoms with Gasteiger partial charge in [-0.3, -0.25) is 14.6 Å². The summed E-state index contributed by atoms with van der Waals surface area (Å²) in [5.41, 5.74) is 4.14. The number of nitrogens with zero attached hydrogens (tertiary/aromatic N) is 2. The molecule has 1 N–H and O–H groups in total. The summed E-state index contributed by atoms with van der Waals surface area (Å²) in [6.07, 6.45) is 2.40. The topological polar surface area (TPSA) is 80.6 Å². The summed E-state index contributed by atoms with van der Waals surface area (Å²) >= 11 is 5.76. The molecule has 0 unspecified atom stereocenters. The Bertz CT molecular complexity index is 1230. The first-order valence-electron chi connectivity index (χ1n) is 10.6. The molecule has 4 rings (SSSR count). The van der Waals surface area contributed by atoms with Crippen molar-refractivity contribution in [1.29, 1.82) is 0 Å². The van der Waals surface area contributed by atoms with E-state index in [1.807, 2.05) is 18.2 Å². The summed E-state index contributed by atoms with van der Waals surface area (Å²) in [5, 5.41) is 3.11. The Balaban J connectivity index is 1.49. The van der Waals surface area contributed by atoms with Crippen LogP contribution in [0.5, 0.6) is 5.75 Å². The number of ether oxygens (including phenoxy) is 1. The molecule has 6 nitrogen and oxygen atoms in total. The number of pyridine rings is 1. The molecule has 0 aliphatic carbocycles. The number of carbonyl (C=O) groups is 2. The Morgan fingerprint density at radius 1 is 1.06 bits per heavy atom. The highest BCUT2D eigenvalue weighted by molar-refractivity contribution is 6.29. The second-order valence-corrected chi connectivity index (χ2v) is 8.96.